The number of carbonyl (C=O) groups is 1. The molecule has 5 aliphatic rings. The van der Waals surface area contributed by atoms with Crippen LogP contribution in [0, 0.1) is 23.2 Å². The zero-order valence-corrected chi connectivity index (χ0v) is 10.6. The molecule has 1 heterocycles. The van der Waals surface area contributed by atoms with Crippen molar-refractivity contribution in [3.05, 3.63) is 0 Å². The van der Waals surface area contributed by atoms with E-state index in [9.17, 15) is 4.79 Å². The van der Waals surface area contributed by atoms with Crippen LogP contribution in [0.5, 0.6) is 0 Å². The normalized spacial score (nSPS) is 52.0. The van der Waals surface area contributed by atoms with Crippen LogP contribution in [-0.4, -0.2) is 18.4 Å². The third-order valence-electron chi connectivity index (χ3n) is 5.94. The van der Waals surface area contributed by atoms with Gasteiger partial charge >= 0.3 is 0 Å². The highest BCUT2D eigenvalue weighted by atomic mass is 16.1. The average molecular weight is 233 g/mol. The minimum atomic E-state index is 0.122. The lowest BCUT2D eigenvalue weighted by molar-refractivity contribution is -0.145. The molecule has 0 aromatic heterocycles. The van der Waals surface area contributed by atoms with Gasteiger partial charge in [-0.3, -0.25) is 4.79 Å². The molecule has 4 saturated carbocycles. The molecule has 2 heteroatoms. The molecule has 0 aromatic rings. The van der Waals surface area contributed by atoms with Crippen LogP contribution in [0.4, 0.5) is 0 Å². The van der Waals surface area contributed by atoms with Crippen molar-refractivity contribution in [1.29, 1.82) is 0 Å². The number of Topliss-reactive ketones (excluding diaryl/α,β-unsaturated/α-hetero) is 1. The number of nitrogens with one attached hydrogen (secondary N) is 1. The first-order valence-electron chi connectivity index (χ1n) is 7.53. The summed E-state index contributed by atoms with van der Waals surface area (Å²) in [4.78, 5) is 12.8. The summed E-state index contributed by atoms with van der Waals surface area (Å²) < 4.78 is 0. The van der Waals surface area contributed by atoms with E-state index in [0.29, 0.717) is 5.78 Å². The SMILES string of the molecule is O=C(C1CCCN1)C12CC3CC(CC(C3)C1)C2. The first-order chi connectivity index (χ1) is 8.25. The Kier molecular flexibility index (Phi) is 2.21. The van der Waals surface area contributed by atoms with Crippen molar-refractivity contribution in [3.63, 3.8) is 0 Å². The highest BCUT2D eigenvalue weighted by Crippen LogP contribution is 2.60. The van der Waals surface area contributed by atoms with E-state index in [0.717, 1.165) is 30.7 Å². The van der Waals surface area contributed by atoms with Gasteiger partial charge in [-0.1, -0.05) is 0 Å². The molecule has 1 aliphatic heterocycles. The van der Waals surface area contributed by atoms with E-state index in [2.05, 4.69) is 5.32 Å². The van der Waals surface area contributed by atoms with E-state index in [4.69, 9.17) is 0 Å². The van der Waals surface area contributed by atoms with Gasteiger partial charge < -0.3 is 5.32 Å². The molecule has 1 unspecified atom stereocenters. The molecule has 0 spiro atoms. The van der Waals surface area contributed by atoms with Gasteiger partial charge in [-0.15, -0.1) is 0 Å². The number of hydrogen-bond donors (Lipinski definition) is 1. The molecule has 0 amide bonds. The number of hydrogen-bond acceptors (Lipinski definition) is 2. The summed E-state index contributed by atoms with van der Waals surface area (Å²) >= 11 is 0. The molecule has 1 atom stereocenters. The van der Waals surface area contributed by atoms with Gasteiger partial charge in [0.1, 0.15) is 0 Å². The minimum Gasteiger partial charge on any atom is -0.307 e. The molecule has 5 fully saturated rings. The predicted molar refractivity (Wildman–Crippen MR) is 66.6 cm³/mol. The van der Waals surface area contributed by atoms with Gasteiger partial charge in [-0.05, 0) is 75.7 Å². The van der Waals surface area contributed by atoms with Gasteiger partial charge in [0.05, 0.1) is 6.04 Å². The maximum Gasteiger partial charge on any atom is 0.155 e. The summed E-state index contributed by atoms with van der Waals surface area (Å²) in [6.07, 6.45) is 10.3. The van der Waals surface area contributed by atoms with E-state index in [-0.39, 0.29) is 11.5 Å². The van der Waals surface area contributed by atoms with Crippen molar-refractivity contribution < 1.29 is 4.79 Å². The van der Waals surface area contributed by atoms with Gasteiger partial charge in [-0.25, -0.2) is 0 Å². The van der Waals surface area contributed by atoms with Crippen LogP contribution in [-0.2, 0) is 4.79 Å². The van der Waals surface area contributed by atoms with E-state index >= 15 is 0 Å². The second kappa shape index (κ2) is 3.57. The Hall–Kier alpha value is -0.370. The Labute approximate surface area is 104 Å². The topological polar surface area (TPSA) is 29.1 Å². The average Bonchev–Trinajstić information content (AvgIpc) is 2.79. The van der Waals surface area contributed by atoms with E-state index in [1.165, 1.54) is 44.9 Å². The zero-order valence-electron chi connectivity index (χ0n) is 10.6. The summed E-state index contributed by atoms with van der Waals surface area (Å²) in [5, 5.41) is 3.43. The number of carbonyl (C=O) groups excluding carboxylic acids is 1. The number of ketones is 1. The quantitative estimate of drug-likeness (QED) is 0.794. The zero-order chi connectivity index (χ0) is 11.5. The largest absolute Gasteiger partial charge is 0.307 e. The lowest BCUT2D eigenvalue weighted by atomic mass is 9.48. The van der Waals surface area contributed by atoms with Crippen molar-refractivity contribution in [2.45, 2.75) is 57.4 Å². The highest BCUT2D eigenvalue weighted by Gasteiger charge is 2.55. The van der Waals surface area contributed by atoms with Gasteiger partial charge in [0.15, 0.2) is 5.78 Å². The summed E-state index contributed by atoms with van der Waals surface area (Å²) in [7, 11) is 0. The van der Waals surface area contributed by atoms with Crippen LogP contribution in [0.3, 0.4) is 0 Å². The third-order valence-corrected chi connectivity index (χ3v) is 5.94. The molecular formula is C15H23NO. The molecule has 0 aromatic carbocycles. The van der Waals surface area contributed by atoms with E-state index in [1.807, 2.05) is 0 Å². The molecule has 2 nitrogen and oxygen atoms in total. The molecular weight excluding hydrogens is 210 g/mol. The lowest BCUT2D eigenvalue weighted by Gasteiger charge is -2.56. The predicted octanol–water partition coefficient (Wildman–Crippen LogP) is 2.52. The standard InChI is InChI=1S/C15H23NO/c17-14(13-2-1-3-16-13)15-7-10-4-11(8-15)6-12(5-10)9-15/h10-13,16H,1-9H2. The Bertz CT molecular complexity index is 308. The summed E-state index contributed by atoms with van der Waals surface area (Å²) in [5.41, 5.74) is 0.122. The molecule has 5 rings (SSSR count). The highest BCUT2D eigenvalue weighted by molar-refractivity contribution is 5.90. The van der Waals surface area contributed by atoms with Crippen molar-refractivity contribution in [2.24, 2.45) is 23.2 Å². The van der Waals surface area contributed by atoms with Crippen LogP contribution in [0.1, 0.15) is 51.4 Å². The molecule has 1 saturated heterocycles. The summed E-state index contributed by atoms with van der Waals surface area (Å²) in [5.74, 6) is 3.29. The smallest absolute Gasteiger partial charge is 0.155 e. The third kappa shape index (κ3) is 1.53. The monoisotopic (exact) mass is 233 g/mol. The van der Waals surface area contributed by atoms with Crippen molar-refractivity contribution in [2.75, 3.05) is 6.54 Å². The maximum atomic E-state index is 12.8. The van der Waals surface area contributed by atoms with E-state index < -0.39 is 0 Å². The van der Waals surface area contributed by atoms with Crippen molar-refractivity contribution >= 4 is 5.78 Å². The second-order valence-electron chi connectivity index (χ2n) is 7.21. The van der Waals surface area contributed by atoms with Crippen LogP contribution in [0.25, 0.3) is 0 Å². The van der Waals surface area contributed by atoms with Crippen molar-refractivity contribution in [1.82, 2.24) is 5.32 Å². The fourth-order valence-corrected chi connectivity index (χ4v) is 5.69. The van der Waals surface area contributed by atoms with E-state index in [1.54, 1.807) is 0 Å². The fourth-order valence-electron chi connectivity index (χ4n) is 5.69. The Morgan fingerprint density at radius 1 is 1.00 bits per heavy atom. The maximum absolute atomic E-state index is 12.8. The van der Waals surface area contributed by atoms with Crippen LogP contribution in [0.15, 0.2) is 0 Å². The summed E-state index contributed by atoms with van der Waals surface area (Å²) in [6.45, 7) is 1.06. The minimum absolute atomic E-state index is 0.122. The van der Waals surface area contributed by atoms with Gasteiger partial charge in [0.25, 0.3) is 0 Å². The first-order valence-corrected chi connectivity index (χ1v) is 7.53. The van der Waals surface area contributed by atoms with Gasteiger partial charge in [0.2, 0.25) is 0 Å². The second-order valence-corrected chi connectivity index (χ2v) is 7.21. The Morgan fingerprint density at radius 3 is 2.06 bits per heavy atom. The van der Waals surface area contributed by atoms with Crippen LogP contribution < -0.4 is 5.32 Å². The summed E-state index contributed by atoms with van der Waals surface area (Å²) in [6, 6.07) is 0.214. The first kappa shape index (κ1) is 10.5. The van der Waals surface area contributed by atoms with Gasteiger partial charge in [0, 0.05) is 5.41 Å². The van der Waals surface area contributed by atoms with Crippen LogP contribution >= 0.6 is 0 Å². The molecule has 1 N–H and O–H groups in total. The fraction of sp³-hybridized carbons (Fsp3) is 0.933. The van der Waals surface area contributed by atoms with Crippen molar-refractivity contribution in [3.8, 4) is 0 Å². The Morgan fingerprint density at radius 2 is 1.59 bits per heavy atom. The lowest BCUT2D eigenvalue weighted by Crippen LogP contribution is -2.54. The molecule has 17 heavy (non-hydrogen) atoms. The van der Waals surface area contributed by atoms with Crippen LogP contribution in [0.2, 0.25) is 0 Å². The molecule has 4 bridgehead atoms. The molecule has 4 aliphatic carbocycles. The number of rotatable bonds is 2. The van der Waals surface area contributed by atoms with Gasteiger partial charge in [-0.2, -0.15) is 0 Å². The Balaban J connectivity index is 1.61. The molecule has 94 valence electrons. The molecule has 0 radical (unpaired) electrons.